The second-order valence-corrected chi connectivity index (χ2v) is 1.88. The number of carbonyl (C=O) groups is 2. The molecule has 1 heterocycles. The van der Waals surface area contributed by atoms with E-state index in [1.807, 2.05) is 0 Å². The number of amides is 2. The fourth-order valence-electron chi connectivity index (χ4n) is 0.582. The second kappa shape index (κ2) is 2.05. The van der Waals surface area contributed by atoms with Crippen molar-refractivity contribution in [3.8, 4) is 0 Å². The Balaban J connectivity index is 2.54. The summed E-state index contributed by atoms with van der Waals surface area (Å²) >= 11 is 0. The van der Waals surface area contributed by atoms with Crippen molar-refractivity contribution in [1.82, 2.24) is 10.6 Å². The molecule has 1 rings (SSSR count). The van der Waals surface area contributed by atoms with Gasteiger partial charge < -0.3 is 10.6 Å². The molecule has 1 atom stereocenters. The molecule has 4 heteroatoms. The van der Waals surface area contributed by atoms with Crippen LogP contribution in [0.15, 0.2) is 0 Å². The molecule has 1 saturated heterocycles. The summed E-state index contributed by atoms with van der Waals surface area (Å²) < 4.78 is 0. The van der Waals surface area contributed by atoms with E-state index in [0.29, 0.717) is 0 Å². The molecule has 9 heavy (non-hydrogen) atoms. The molecule has 2 amide bonds. The van der Waals surface area contributed by atoms with Gasteiger partial charge in [-0.2, -0.15) is 0 Å². The summed E-state index contributed by atoms with van der Waals surface area (Å²) in [4.78, 5) is 21.0. The maximum Gasteiger partial charge on any atom is 0.245 e. The van der Waals surface area contributed by atoms with E-state index >= 15 is 0 Å². The van der Waals surface area contributed by atoms with E-state index in [9.17, 15) is 9.59 Å². The molecule has 1 aliphatic rings. The number of rotatable bonds is 0. The van der Waals surface area contributed by atoms with Crippen LogP contribution in [-0.4, -0.2) is 17.9 Å². The molecular weight excluding hydrogens is 120 g/mol. The van der Waals surface area contributed by atoms with Crippen LogP contribution in [0, 0.1) is 6.54 Å². The van der Waals surface area contributed by atoms with Gasteiger partial charge in [-0.25, -0.2) is 0 Å². The summed E-state index contributed by atoms with van der Waals surface area (Å²) in [6, 6.07) is -0.400. The van der Waals surface area contributed by atoms with Crippen molar-refractivity contribution in [1.29, 1.82) is 0 Å². The second-order valence-electron chi connectivity index (χ2n) is 1.88. The SMILES string of the molecule is CC1NC(=O)[CH]NC1=O. The average Bonchev–Trinajstić information content (AvgIpc) is 1.80. The molecule has 0 aromatic heterocycles. The Morgan fingerprint density at radius 2 is 2.22 bits per heavy atom. The Morgan fingerprint density at radius 1 is 1.56 bits per heavy atom. The summed E-state index contributed by atoms with van der Waals surface area (Å²) in [5.41, 5.74) is 0. The van der Waals surface area contributed by atoms with E-state index in [2.05, 4.69) is 10.6 Å². The highest BCUT2D eigenvalue weighted by molar-refractivity contribution is 5.98. The summed E-state index contributed by atoms with van der Waals surface area (Å²) in [5, 5.41) is 4.73. The van der Waals surface area contributed by atoms with E-state index in [4.69, 9.17) is 0 Å². The van der Waals surface area contributed by atoms with Gasteiger partial charge in [0.25, 0.3) is 0 Å². The molecule has 0 spiro atoms. The van der Waals surface area contributed by atoms with E-state index in [1.165, 1.54) is 0 Å². The Morgan fingerprint density at radius 3 is 2.67 bits per heavy atom. The third-order valence-corrected chi connectivity index (χ3v) is 1.10. The highest BCUT2D eigenvalue weighted by Gasteiger charge is 2.21. The van der Waals surface area contributed by atoms with E-state index in [1.54, 1.807) is 6.92 Å². The van der Waals surface area contributed by atoms with E-state index < -0.39 is 6.04 Å². The Hall–Kier alpha value is -1.06. The molecule has 0 aromatic rings. The normalized spacial score (nSPS) is 27.0. The van der Waals surface area contributed by atoms with Crippen molar-refractivity contribution < 1.29 is 9.59 Å². The first kappa shape index (κ1) is 6.07. The molecule has 0 aliphatic carbocycles. The van der Waals surface area contributed by atoms with Gasteiger partial charge in [-0.15, -0.1) is 0 Å². The topological polar surface area (TPSA) is 58.2 Å². The number of hydrogen-bond donors (Lipinski definition) is 2. The molecule has 0 aromatic carbocycles. The zero-order valence-electron chi connectivity index (χ0n) is 4.97. The highest BCUT2D eigenvalue weighted by Crippen LogP contribution is 1.89. The molecule has 2 N–H and O–H groups in total. The van der Waals surface area contributed by atoms with Crippen molar-refractivity contribution in [2.75, 3.05) is 0 Å². The molecule has 0 saturated carbocycles. The van der Waals surface area contributed by atoms with Crippen LogP contribution in [-0.2, 0) is 9.59 Å². The van der Waals surface area contributed by atoms with Crippen molar-refractivity contribution in [3.63, 3.8) is 0 Å². The molecule has 4 nitrogen and oxygen atoms in total. The standard InChI is InChI=1S/C5H7N2O2/c1-3-5(9)6-2-4(8)7-3/h2-3H,1H3,(H,6,9)(H,7,8). The Bertz CT molecular complexity index is 155. The van der Waals surface area contributed by atoms with Crippen LogP contribution in [0.4, 0.5) is 0 Å². The van der Waals surface area contributed by atoms with Gasteiger partial charge in [0.15, 0.2) is 0 Å². The van der Waals surface area contributed by atoms with Crippen LogP contribution >= 0.6 is 0 Å². The Kier molecular flexibility index (Phi) is 1.38. The Labute approximate surface area is 52.6 Å². The van der Waals surface area contributed by atoms with Gasteiger partial charge in [0.1, 0.15) is 12.6 Å². The number of carbonyl (C=O) groups excluding carboxylic acids is 2. The maximum absolute atomic E-state index is 10.6. The summed E-state index contributed by atoms with van der Waals surface area (Å²) in [5.74, 6) is -0.420. The van der Waals surface area contributed by atoms with Crippen molar-refractivity contribution in [2.45, 2.75) is 13.0 Å². The zero-order chi connectivity index (χ0) is 6.85. The lowest BCUT2D eigenvalue weighted by Crippen LogP contribution is -2.51. The minimum absolute atomic E-state index is 0.172. The van der Waals surface area contributed by atoms with Gasteiger partial charge in [-0.3, -0.25) is 9.59 Å². The molecule has 0 bridgehead atoms. The summed E-state index contributed by atoms with van der Waals surface area (Å²) in [6.45, 7) is 2.74. The summed E-state index contributed by atoms with van der Waals surface area (Å²) in [6.07, 6.45) is 0. The van der Waals surface area contributed by atoms with Crippen molar-refractivity contribution in [2.24, 2.45) is 0 Å². The molecule has 49 valence electrons. The quantitative estimate of drug-likeness (QED) is 0.428. The molecule has 1 fully saturated rings. The average molecular weight is 127 g/mol. The van der Waals surface area contributed by atoms with Crippen LogP contribution < -0.4 is 10.6 Å². The molecular formula is C5H7N2O2. The number of hydrogen-bond acceptors (Lipinski definition) is 2. The van der Waals surface area contributed by atoms with Gasteiger partial charge in [-0.1, -0.05) is 0 Å². The van der Waals surface area contributed by atoms with Gasteiger partial charge in [-0.05, 0) is 6.92 Å². The van der Waals surface area contributed by atoms with Gasteiger partial charge in [0.05, 0.1) is 0 Å². The van der Waals surface area contributed by atoms with Crippen molar-refractivity contribution in [3.05, 3.63) is 6.54 Å². The fourth-order valence-corrected chi connectivity index (χ4v) is 0.582. The minimum atomic E-state index is -0.400. The predicted molar refractivity (Wildman–Crippen MR) is 30.0 cm³/mol. The minimum Gasteiger partial charge on any atom is -0.343 e. The smallest absolute Gasteiger partial charge is 0.245 e. The lowest BCUT2D eigenvalue weighted by Gasteiger charge is -2.18. The third kappa shape index (κ3) is 1.19. The van der Waals surface area contributed by atoms with E-state index in [-0.39, 0.29) is 11.8 Å². The van der Waals surface area contributed by atoms with Crippen LogP contribution in [0.5, 0.6) is 0 Å². The zero-order valence-corrected chi connectivity index (χ0v) is 4.97. The van der Waals surface area contributed by atoms with Crippen LogP contribution in [0.2, 0.25) is 0 Å². The monoisotopic (exact) mass is 127 g/mol. The lowest BCUT2D eigenvalue weighted by molar-refractivity contribution is -0.131. The third-order valence-electron chi connectivity index (χ3n) is 1.10. The van der Waals surface area contributed by atoms with Gasteiger partial charge in [0, 0.05) is 0 Å². The molecule has 1 aliphatic heterocycles. The predicted octanol–water partition coefficient (Wildman–Crippen LogP) is -1.22. The number of piperazine rings is 1. The maximum atomic E-state index is 10.6. The lowest BCUT2D eigenvalue weighted by atomic mass is 10.2. The first-order chi connectivity index (χ1) is 4.20. The number of nitrogens with one attached hydrogen (secondary N) is 2. The van der Waals surface area contributed by atoms with Gasteiger partial charge in [0.2, 0.25) is 11.8 Å². The highest BCUT2D eigenvalue weighted by atomic mass is 16.2. The fraction of sp³-hybridized carbons (Fsp3) is 0.400. The van der Waals surface area contributed by atoms with Crippen molar-refractivity contribution >= 4 is 11.8 Å². The molecule has 1 radical (unpaired) electrons. The van der Waals surface area contributed by atoms with Crippen LogP contribution in [0.1, 0.15) is 6.92 Å². The molecule has 1 unspecified atom stereocenters. The van der Waals surface area contributed by atoms with Crippen LogP contribution in [0.25, 0.3) is 0 Å². The first-order valence-electron chi connectivity index (χ1n) is 2.64. The summed E-state index contributed by atoms with van der Waals surface area (Å²) in [7, 11) is 0. The first-order valence-corrected chi connectivity index (χ1v) is 2.64. The van der Waals surface area contributed by atoms with Gasteiger partial charge >= 0.3 is 0 Å². The largest absolute Gasteiger partial charge is 0.343 e. The van der Waals surface area contributed by atoms with Crippen LogP contribution in [0.3, 0.4) is 0 Å². The van der Waals surface area contributed by atoms with E-state index in [0.717, 1.165) is 6.54 Å².